The lowest BCUT2D eigenvalue weighted by molar-refractivity contribution is -0.145. The molecule has 3 amide bonds. The van der Waals surface area contributed by atoms with Gasteiger partial charge in [-0.3, -0.25) is 19.3 Å². The van der Waals surface area contributed by atoms with E-state index in [4.69, 9.17) is 4.74 Å². The van der Waals surface area contributed by atoms with Gasteiger partial charge in [0.25, 0.3) is 0 Å². The number of amides is 3. The second-order valence-electron chi connectivity index (χ2n) is 10.8. The van der Waals surface area contributed by atoms with E-state index in [2.05, 4.69) is 35.9 Å². The highest BCUT2D eigenvalue weighted by atomic mass is 16.5. The average molecular weight is 553 g/mol. The van der Waals surface area contributed by atoms with Crippen LogP contribution in [0.4, 0.5) is 0 Å². The Labute approximate surface area is 237 Å². The van der Waals surface area contributed by atoms with E-state index in [0.717, 1.165) is 35.6 Å². The third-order valence-electron chi connectivity index (χ3n) is 7.65. The molecule has 1 heterocycles. The van der Waals surface area contributed by atoms with Gasteiger partial charge in [-0.1, -0.05) is 82.5 Å². The van der Waals surface area contributed by atoms with E-state index in [1.165, 1.54) is 7.11 Å². The van der Waals surface area contributed by atoms with Crippen molar-refractivity contribution in [3.63, 3.8) is 0 Å². The Morgan fingerprint density at radius 3 is 2.52 bits per heavy atom. The second-order valence-corrected chi connectivity index (χ2v) is 10.8. The fraction of sp³-hybridized carbons (Fsp3) is 0.548. The van der Waals surface area contributed by atoms with Gasteiger partial charge in [0, 0.05) is 13.0 Å². The zero-order valence-electron chi connectivity index (χ0n) is 24.2. The summed E-state index contributed by atoms with van der Waals surface area (Å²) in [5, 5.41) is 10.9. The minimum Gasteiger partial charge on any atom is -0.467 e. The minimum absolute atomic E-state index is 0.0265. The number of ether oxygens (including phenoxy) is 1. The molecule has 0 bridgehead atoms. The third kappa shape index (κ3) is 8.78. The maximum absolute atomic E-state index is 13.4. The van der Waals surface area contributed by atoms with Crippen molar-refractivity contribution in [2.45, 2.75) is 90.5 Å². The smallest absolute Gasteiger partial charge is 0.328 e. The molecule has 0 saturated carbocycles. The number of methoxy groups -OCH3 is 1. The molecule has 0 aliphatic carbocycles. The van der Waals surface area contributed by atoms with Crippen LogP contribution in [0, 0.1) is 5.92 Å². The van der Waals surface area contributed by atoms with Gasteiger partial charge in [0.05, 0.1) is 19.8 Å². The highest BCUT2D eigenvalue weighted by Crippen LogP contribution is 2.23. The Morgan fingerprint density at radius 1 is 1.10 bits per heavy atom. The number of hydrogen-bond acceptors (Lipinski definition) is 6. The normalized spacial score (nSPS) is 17.2. The molecule has 2 aromatic carbocycles. The van der Waals surface area contributed by atoms with Crippen LogP contribution in [-0.2, 0) is 30.5 Å². The van der Waals surface area contributed by atoms with Gasteiger partial charge in [0.1, 0.15) is 12.1 Å². The molecule has 9 heteroatoms. The van der Waals surface area contributed by atoms with Crippen LogP contribution < -0.4 is 16.0 Å². The van der Waals surface area contributed by atoms with Crippen molar-refractivity contribution in [1.82, 2.24) is 20.9 Å². The van der Waals surface area contributed by atoms with E-state index in [1.807, 2.05) is 48.2 Å². The maximum atomic E-state index is 13.4. The van der Waals surface area contributed by atoms with Crippen molar-refractivity contribution in [3.8, 4) is 0 Å². The predicted octanol–water partition coefficient (Wildman–Crippen LogP) is 3.65. The summed E-state index contributed by atoms with van der Waals surface area (Å²) in [7, 11) is 1.32. The van der Waals surface area contributed by atoms with E-state index in [1.54, 1.807) is 0 Å². The first kappa shape index (κ1) is 31.1. The summed E-state index contributed by atoms with van der Waals surface area (Å²) in [5.41, 5.74) is 1.03. The molecule has 1 aliphatic rings. The SMILES string of the molecule is CCCC[C@H](NC(=O)CN(Cc1cccc2ccccc12)C(C[C@@H](C)CC)NC(=O)[C@@H]1CCC(=O)N1)C(=O)OC. The highest BCUT2D eigenvalue weighted by molar-refractivity contribution is 5.91. The average Bonchev–Trinajstić information content (AvgIpc) is 3.40. The van der Waals surface area contributed by atoms with Crippen molar-refractivity contribution in [2.75, 3.05) is 13.7 Å². The molecule has 4 atom stereocenters. The molecule has 40 heavy (non-hydrogen) atoms. The maximum Gasteiger partial charge on any atom is 0.328 e. The van der Waals surface area contributed by atoms with Crippen LogP contribution in [0.3, 0.4) is 0 Å². The molecule has 9 nitrogen and oxygen atoms in total. The van der Waals surface area contributed by atoms with Crippen molar-refractivity contribution < 1.29 is 23.9 Å². The monoisotopic (exact) mass is 552 g/mol. The Hall–Kier alpha value is -3.46. The van der Waals surface area contributed by atoms with Crippen LogP contribution in [0.15, 0.2) is 42.5 Å². The molecule has 0 spiro atoms. The van der Waals surface area contributed by atoms with Gasteiger partial charge >= 0.3 is 5.97 Å². The number of fused-ring (bicyclic) bond motifs is 1. The topological polar surface area (TPSA) is 117 Å². The number of nitrogens with zero attached hydrogens (tertiary/aromatic N) is 1. The van der Waals surface area contributed by atoms with E-state index in [-0.39, 0.29) is 30.2 Å². The minimum atomic E-state index is -0.729. The molecule has 1 unspecified atom stereocenters. The zero-order valence-corrected chi connectivity index (χ0v) is 24.2. The summed E-state index contributed by atoms with van der Waals surface area (Å²) in [6.45, 7) is 6.62. The number of esters is 1. The number of hydrogen-bond donors (Lipinski definition) is 3. The second kappa shape index (κ2) is 15.4. The number of carbonyl (C=O) groups excluding carboxylic acids is 4. The lowest BCUT2D eigenvalue weighted by atomic mass is 10.00. The van der Waals surface area contributed by atoms with Gasteiger partial charge in [-0.25, -0.2) is 4.79 Å². The molecule has 1 saturated heterocycles. The molecular formula is C31H44N4O5. The van der Waals surface area contributed by atoms with Gasteiger partial charge < -0.3 is 20.7 Å². The van der Waals surface area contributed by atoms with Gasteiger partial charge in [-0.05, 0) is 41.5 Å². The highest BCUT2D eigenvalue weighted by Gasteiger charge is 2.32. The predicted molar refractivity (Wildman–Crippen MR) is 155 cm³/mol. The number of unbranched alkanes of at least 4 members (excludes halogenated alkanes) is 1. The molecule has 1 aliphatic heterocycles. The molecule has 218 valence electrons. The van der Waals surface area contributed by atoms with Crippen LogP contribution in [-0.4, -0.2) is 60.5 Å². The number of nitrogens with one attached hydrogen (secondary N) is 3. The summed E-state index contributed by atoms with van der Waals surface area (Å²) >= 11 is 0. The van der Waals surface area contributed by atoms with Gasteiger partial charge in [0.15, 0.2) is 0 Å². The standard InChI is InChI=1S/C31H44N4O5/c1-5-7-15-26(31(39)40-4)33-29(37)20-35(19-23-13-10-12-22-11-8-9-14-24(22)23)27(18-21(3)6-2)34-30(38)25-16-17-28(36)32-25/h8-14,21,25-27H,5-7,15-20H2,1-4H3,(H,32,36)(H,33,37)(H,34,38)/t21-,25-,26-,27?/m0/s1. The lowest BCUT2D eigenvalue weighted by Crippen LogP contribution is -2.56. The van der Waals surface area contributed by atoms with Crippen molar-refractivity contribution in [2.24, 2.45) is 5.92 Å². The summed E-state index contributed by atoms with van der Waals surface area (Å²) in [4.78, 5) is 52.8. The van der Waals surface area contributed by atoms with Gasteiger partial charge in [-0.2, -0.15) is 0 Å². The van der Waals surface area contributed by atoms with E-state index >= 15 is 0 Å². The lowest BCUT2D eigenvalue weighted by Gasteiger charge is -2.34. The van der Waals surface area contributed by atoms with Crippen molar-refractivity contribution >= 4 is 34.5 Å². The van der Waals surface area contributed by atoms with Crippen LogP contribution in [0.5, 0.6) is 0 Å². The molecule has 1 fully saturated rings. The first-order chi connectivity index (χ1) is 19.2. The van der Waals surface area contributed by atoms with Crippen molar-refractivity contribution in [1.29, 1.82) is 0 Å². The zero-order chi connectivity index (χ0) is 29.1. The first-order valence-electron chi connectivity index (χ1n) is 14.4. The number of benzene rings is 2. The van der Waals surface area contributed by atoms with E-state index in [0.29, 0.717) is 32.2 Å². The summed E-state index contributed by atoms with van der Waals surface area (Å²) < 4.78 is 4.93. The Bertz CT molecular complexity index is 1160. The van der Waals surface area contributed by atoms with Crippen LogP contribution in [0.25, 0.3) is 10.8 Å². The molecule has 2 aromatic rings. The summed E-state index contributed by atoms with van der Waals surface area (Å²) in [5.74, 6) is -0.897. The first-order valence-corrected chi connectivity index (χ1v) is 14.4. The van der Waals surface area contributed by atoms with E-state index in [9.17, 15) is 19.2 Å². The summed E-state index contributed by atoms with van der Waals surface area (Å²) in [6.07, 6.45) is 3.99. The number of carbonyl (C=O) groups is 4. The van der Waals surface area contributed by atoms with Crippen molar-refractivity contribution in [3.05, 3.63) is 48.0 Å². The Balaban J connectivity index is 1.91. The summed E-state index contributed by atoms with van der Waals surface area (Å²) in [6, 6.07) is 12.8. The third-order valence-corrected chi connectivity index (χ3v) is 7.65. The number of rotatable bonds is 15. The Morgan fingerprint density at radius 2 is 1.85 bits per heavy atom. The Kier molecular flexibility index (Phi) is 11.9. The quantitative estimate of drug-likeness (QED) is 0.229. The van der Waals surface area contributed by atoms with Crippen LogP contribution >= 0.6 is 0 Å². The molecular weight excluding hydrogens is 508 g/mol. The fourth-order valence-corrected chi connectivity index (χ4v) is 5.07. The van der Waals surface area contributed by atoms with Gasteiger partial charge in [-0.15, -0.1) is 0 Å². The van der Waals surface area contributed by atoms with Crippen LogP contribution in [0.2, 0.25) is 0 Å². The van der Waals surface area contributed by atoms with Crippen LogP contribution in [0.1, 0.15) is 71.3 Å². The fourth-order valence-electron chi connectivity index (χ4n) is 5.07. The van der Waals surface area contributed by atoms with E-state index < -0.39 is 24.2 Å². The molecule has 0 aromatic heterocycles. The molecule has 0 radical (unpaired) electrons. The molecule has 3 rings (SSSR count). The molecule has 3 N–H and O–H groups in total. The largest absolute Gasteiger partial charge is 0.467 e. The van der Waals surface area contributed by atoms with Gasteiger partial charge in [0.2, 0.25) is 17.7 Å².